The number of hydrogen-bond acceptors (Lipinski definition) is 10. The number of likely N-dealkylation sites (tertiary alicyclic amines) is 1. The van der Waals surface area contributed by atoms with E-state index in [1.807, 2.05) is 19.2 Å². The topological polar surface area (TPSA) is 158 Å². The predicted molar refractivity (Wildman–Crippen MR) is 185 cm³/mol. The fraction of sp³-hybridized carbons (Fsp3) is 0.559. The number of alkyl carbamates (subject to hydrolysis) is 1. The van der Waals surface area contributed by atoms with Crippen molar-refractivity contribution in [2.75, 3.05) is 19.0 Å². The Kier molecular flexibility index (Phi) is 9.52. The second-order valence-corrected chi connectivity index (χ2v) is 15.8. The lowest BCUT2D eigenvalue weighted by Crippen LogP contribution is -2.57. The van der Waals surface area contributed by atoms with Gasteiger partial charge in [0.25, 0.3) is 5.92 Å². The number of hydrogen-bond donors (Lipinski definition) is 3. The van der Waals surface area contributed by atoms with E-state index in [-0.39, 0.29) is 36.9 Å². The normalized spacial score (nSPS) is 24.5. The van der Waals surface area contributed by atoms with Crippen LogP contribution in [0.15, 0.2) is 23.6 Å². The highest BCUT2D eigenvalue weighted by Crippen LogP contribution is 2.64. The smallest absolute Gasteiger partial charge is 0.408 e. The van der Waals surface area contributed by atoms with Crippen molar-refractivity contribution in [2.45, 2.75) is 90.1 Å². The molecule has 0 bridgehead atoms. The number of amides is 3. The Bertz CT molecular complexity index is 1800. The number of primary amides is 1. The van der Waals surface area contributed by atoms with Gasteiger partial charge in [-0.25, -0.2) is 23.5 Å². The molecule has 0 radical (unpaired) electrons. The number of pyridine rings is 1. The number of alkyl halides is 2. The fourth-order valence-corrected chi connectivity index (χ4v) is 7.99. The molecule has 1 aromatic carbocycles. The first-order chi connectivity index (χ1) is 23.5. The molecular weight excluding hydrogens is 694 g/mol. The van der Waals surface area contributed by atoms with E-state index in [0.717, 1.165) is 5.13 Å². The Labute approximate surface area is 297 Å². The number of thiazole rings is 1. The third kappa shape index (κ3) is 6.98. The molecule has 50 heavy (non-hydrogen) atoms. The zero-order chi connectivity index (χ0) is 36.3. The van der Waals surface area contributed by atoms with Gasteiger partial charge in [-0.05, 0) is 44.2 Å². The molecule has 3 heterocycles. The lowest BCUT2D eigenvalue weighted by Gasteiger charge is -2.35. The highest BCUT2D eigenvalue weighted by Gasteiger charge is 2.72. The summed E-state index contributed by atoms with van der Waals surface area (Å²) in [5.74, 6) is -4.70. The molecule has 6 rings (SSSR count). The van der Waals surface area contributed by atoms with Crippen LogP contribution in [0.2, 0.25) is 5.02 Å². The molecule has 16 heteroatoms. The fourth-order valence-electron chi connectivity index (χ4n) is 6.86. The number of fused-ring (bicyclic) bond motifs is 2. The molecule has 2 saturated carbocycles. The van der Waals surface area contributed by atoms with Gasteiger partial charge in [-0.1, -0.05) is 32.4 Å². The number of nitrogens with one attached hydrogen (secondary N) is 2. The van der Waals surface area contributed by atoms with Crippen molar-refractivity contribution in [1.82, 2.24) is 20.2 Å². The summed E-state index contributed by atoms with van der Waals surface area (Å²) in [6, 6.07) is 3.23. The number of carbonyl (C=O) groups is 3. The zero-order valence-electron chi connectivity index (χ0n) is 28.6. The number of carbonyl (C=O) groups excluding carboxylic acids is 3. The Hall–Kier alpha value is -3.98. The number of ether oxygens (including phenoxy) is 3. The van der Waals surface area contributed by atoms with Crippen LogP contribution in [0.5, 0.6) is 11.5 Å². The van der Waals surface area contributed by atoms with Gasteiger partial charge in [-0.15, -0.1) is 11.3 Å². The average molecular weight is 735 g/mol. The largest absolute Gasteiger partial charge is 0.495 e. The number of halogens is 3. The van der Waals surface area contributed by atoms with Crippen molar-refractivity contribution < 1.29 is 37.4 Å². The first-order valence-corrected chi connectivity index (χ1v) is 17.7. The summed E-state index contributed by atoms with van der Waals surface area (Å²) in [7, 11) is 1.50. The van der Waals surface area contributed by atoms with E-state index < -0.39 is 65.4 Å². The minimum absolute atomic E-state index is 0.0149. The maximum Gasteiger partial charge on any atom is 0.408 e. The number of methoxy groups -OCH3 is 1. The Balaban J connectivity index is 1.24. The molecule has 1 saturated heterocycles. The number of nitrogens with two attached hydrogens (primary N) is 1. The molecule has 3 fully saturated rings. The molecule has 1 aliphatic heterocycles. The van der Waals surface area contributed by atoms with E-state index in [4.69, 9.17) is 36.5 Å². The maximum absolute atomic E-state index is 14.1. The number of rotatable bonds is 10. The molecule has 3 aliphatic rings. The molecule has 3 amide bonds. The summed E-state index contributed by atoms with van der Waals surface area (Å²) in [5, 5.41) is 9.36. The lowest BCUT2D eigenvalue weighted by atomic mass is 9.85. The third-order valence-electron chi connectivity index (χ3n) is 9.46. The summed E-state index contributed by atoms with van der Waals surface area (Å²) >= 11 is 8.15. The minimum Gasteiger partial charge on any atom is -0.495 e. The van der Waals surface area contributed by atoms with E-state index in [9.17, 15) is 23.2 Å². The van der Waals surface area contributed by atoms with Crippen LogP contribution < -0.4 is 25.8 Å². The molecule has 270 valence electrons. The van der Waals surface area contributed by atoms with Gasteiger partial charge in [0.05, 0.1) is 24.9 Å². The van der Waals surface area contributed by atoms with Gasteiger partial charge in [0.2, 0.25) is 11.8 Å². The van der Waals surface area contributed by atoms with E-state index in [0.29, 0.717) is 33.8 Å². The van der Waals surface area contributed by atoms with Gasteiger partial charge in [-0.2, -0.15) is 0 Å². The summed E-state index contributed by atoms with van der Waals surface area (Å²) in [5.41, 5.74) is 6.49. The van der Waals surface area contributed by atoms with Crippen molar-refractivity contribution in [3.8, 4) is 22.9 Å². The number of anilines is 1. The van der Waals surface area contributed by atoms with Crippen LogP contribution in [0.25, 0.3) is 22.3 Å². The Morgan fingerprint density at radius 2 is 1.78 bits per heavy atom. The van der Waals surface area contributed by atoms with Crippen molar-refractivity contribution in [1.29, 1.82) is 0 Å². The molecule has 2 unspecified atom stereocenters. The van der Waals surface area contributed by atoms with Gasteiger partial charge in [-0.3, -0.25) is 9.59 Å². The first kappa shape index (κ1) is 35.8. The summed E-state index contributed by atoms with van der Waals surface area (Å²) in [6.07, 6.45) is -1.97. The van der Waals surface area contributed by atoms with Crippen molar-refractivity contribution >= 4 is 56.9 Å². The van der Waals surface area contributed by atoms with Crippen molar-refractivity contribution in [2.24, 2.45) is 23.0 Å². The van der Waals surface area contributed by atoms with Crippen LogP contribution in [-0.4, -0.2) is 82.7 Å². The van der Waals surface area contributed by atoms with Crippen LogP contribution in [0.1, 0.15) is 53.9 Å². The van der Waals surface area contributed by atoms with Gasteiger partial charge < -0.3 is 35.5 Å². The summed E-state index contributed by atoms with van der Waals surface area (Å²) < 4.78 is 44.7. The molecular formula is C34H41ClF2N6O6S. The SMILES string of the molecule is COc1ccc2c(OC3C[C@@H](C(N)=O)N(C(=O)[C@@H](NC(=O)OC4C[C@@H]5[C@H](C4)C5(F)F)C(C)(C)C)C3)cc(-c3csc(NC(C)C)n3)nc2c1Cl. The molecule has 4 N–H and O–H groups in total. The highest BCUT2D eigenvalue weighted by atomic mass is 35.5. The molecule has 2 aliphatic carbocycles. The van der Waals surface area contributed by atoms with Crippen molar-refractivity contribution in [3.63, 3.8) is 0 Å². The van der Waals surface area contributed by atoms with E-state index >= 15 is 0 Å². The van der Waals surface area contributed by atoms with Crippen molar-refractivity contribution in [3.05, 3.63) is 28.6 Å². The average Bonchev–Trinajstić information content (AvgIpc) is 3.60. The van der Waals surface area contributed by atoms with Crippen LogP contribution in [-0.2, 0) is 14.3 Å². The van der Waals surface area contributed by atoms with E-state index in [1.54, 1.807) is 39.0 Å². The summed E-state index contributed by atoms with van der Waals surface area (Å²) in [6.45, 7) is 9.28. The molecule has 2 aromatic heterocycles. The minimum atomic E-state index is -2.70. The van der Waals surface area contributed by atoms with Crippen LogP contribution in [0.4, 0.5) is 18.7 Å². The Morgan fingerprint density at radius 3 is 2.40 bits per heavy atom. The predicted octanol–water partition coefficient (Wildman–Crippen LogP) is 5.86. The highest BCUT2D eigenvalue weighted by molar-refractivity contribution is 7.14. The second kappa shape index (κ2) is 13.3. The van der Waals surface area contributed by atoms with E-state index in [1.165, 1.54) is 23.3 Å². The number of nitrogens with zero attached hydrogens (tertiary/aromatic N) is 3. The first-order valence-electron chi connectivity index (χ1n) is 16.5. The second-order valence-electron chi connectivity index (χ2n) is 14.5. The monoisotopic (exact) mass is 734 g/mol. The number of aromatic nitrogens is 2. The molecule has 12 nitrogen and oxygen atoms in total. The zero-order valence-corrected chi connectivity index (χ0v) is 30.2. The van der Waals surface area contributed by atoms with Crippen LogP contribution in [0, 0.1) is 17.3 Å². The van der Waals surface area contributed by atoms with Gasteiger partial charge in [0, 0.05) is 41.1 Å². The van der Waals surface area contributed by atoms with E-state index in [2.05, 4.69) is 15.6 Å². The molecule has 0 spiro atoms. The Morgan fingerprint density at radius 1 is 1.08 bits per heavy atom. The third-order valence-corrected chi connectivity index (χ3v) is 10.6. The van der Waals surface area contributed by atoms with Gasteiger partial charge in [0.1, 0.15) is 46.5 Å². The lowest BCUT2D eigenvalue weighted by molar-refractivity contribution is -0.141. The number of benzene rings is 1. The van der Waals surface area contributed by atoms with Gasteiger partial charge in [0.15, 0.2) is 5.13 Å². The quantitative estimate of drug-likeness (QED) is 0.232. The van der Waals surface area contributed by atoms with Crippen LogP contribution >= 0.6 is 22.9 Å². The molecule has 6 atom stereocenters. The standard InChI is InChI=1S/C34H41ClF2N6O6S/c1-15(2)39-31-41-22(14-50-31)21-12-25(18-7-8-24(47-6)26(35)27(18)40-21)48-17-11-23(29(38)44)43(13-17)30(45)28(33(3,4)5)42-32(46)49-16-9-19-20(10-16)34(19,36)37/h7-8,12,14-17,19-20,23,28H,9-11,13H2,1-6H3,(H2,38,44)(H,39,41)(H,42,46)/t16?,17?,19-,20+,23-,28+/m0/s1. The van der Waals surface area contributed by atoms with Crippen LogP contribution in [0.3, 0.4) is 0 Å². The summed E-state index contributed by atoms with van der Waals surface area (Å²) in [4.78, 5) is 50.5. The molecule has 3 aromatic rings. The van der Waals surface area contributed by atoms with Gasteiger partial charge >= 0.3 is 6.09 Å². The maximum atomic E-state index is 14.1.